The highest BCUT2D eigenvalue weighted by atomic mass is 19.1. The first kappa shape index (κ1) is 17.0. The van der Waals surface area contributed by atoms with Crippen LogP contribution >= 0.6 is 0 Å². The van der Waals surface area contributed by atoms with E-state index >= 15 is 0 Å². The van der Waals surface area contributed by atoms with Gasteiger partial charge in [0, 0.05) is 28.5 Å². The number of pyridine rings is 1. The average molecular weight is 335 g/mol. The molecule has 128 valence electrons. The molecule has 1 aromatic carbocycles. The van der Waals surface area contributed by atoms with Gasteiger partial charge in [0.1, 0.15) is 11.6 Å². The molecule has 0 spiro atoms. The monoisotopic (exact) mass is 335 g/mol. The molecule has 3 nitrogen and oxygen atoms in total. The van der Waals surface area contributed by atoms with Crippen molar-refractivity contribution in [1.29, 1.82) is 0 Å². The van der Waals surface area contributed by atoms with Gasteiger partial charge in [-0.05, 0) is 42.8 Å². The lowest BCUT2D eigenvalue weighted by atomic mass is 10.1. The highest BCUT2D eigenvalue weighted by molar-refractivity contribution is 5.93. The number of aromatic nitrogens is 2. The van der Waals surface area contributed by atoms with E-state index in [9.17, 15) is 4.39 Å². The molecule has 0 atom stereocenters. The Hall–Kier alpha value is -2.88. The van der Waals surface area contributed by atoms with Gasteiger partial charge in [0.2, 0.25) is 0 Å². The van der Waals surface area contributed by atoms with Crippen LogP contribution in [0, 0.1) is 5.82 Å². The molecule has 0 amide bonds. The fourth-order valence-corrected chi connectivity index (χ4v) is 2.87. The van der Waals surface area contributed by atoms with Gasteiger partial charge in [-0.3, -0.25) is 0 Å². The van der Waals surface area contributed by atoms with Gasteiger partial charge in [0.25, 0.3) is 0 Å². The fourth-order valence-electron chi connectivity index (χ4n) is 2.87. The molecule has 0 bridgehead atoms. The Morgan fingerprint density at radius 3 is 2.88 bits per heavy atom. The van der Waals surface area contributed by atoms with Gasteiger partial charge < -0.3 is 10.3 Å². The highest BCUT2D eigenvalue weighted by Crippen LogP contribution is 2.24. The third kappa shape index (κ3) is 3.33. The van der Waals surface area contributed by atoms with Crippen LogP contribution in [0.15, 0.2) is 48.8 Å². The molecule has 2 N–H and O–H groups in total. The number of benzene rings is 1. The third-order valence-electron chi connectivity index (χ3n) is 4.22. The van der Waals surface area contributed by atoms with Crippen molar-refractivity contribution in [2.24, 2.45) is 0 Å². The smallest absolute Gasteiger partial charge is 0.146 e. The molecule has 3 rings (SSSR count). The van der Waals surface area contributed by atoms with Crippen molar-refractivity contribution < 1.29 is 4.39 Å². The zero-order valence-electron chi connectivity index (χ0n) is 14.5. The summed E-state index contributed by atoms with van der Waals surface area (Å²) in [6.45, 7) is 4.15. The molecule has 0 fully saturated rings. The molecule has 3 aromatic rings. The van der Waals surface area contributed by atoms with E-state index in [2.05, 4.69) is 30.1 Å². The van der Waals surface area contributed by atoms with Crippen LogP contribution in [-0.2, 0) is 0 Å². The van der Waals surface area contributed by atoms with Crippen LogP contribution in [0.3, 0.4) is 0 Å². The summed E-state index contributed by atoms with van der Waals surface area (Å²) in [5.74, 6) is 0.310. The second-order valence-electron chi connectivity index (χ2n) is 5.92. The van der Waals surface area contributed by atoms with Crippen LogP contribution in [0.2, 0.25) is 0 Å². The number of hydrogen-bond donors (Lipinski definition) is 1. The summed E-state index contributed by atoms with van der Waals surface area (Å²) in [4.78, 5) is 4.51. The Bertz CT molecular complexity index is 1040. The SMILES string of the molecule is C\C=c1/c(=C\C=C\CCC)ccn1-c1cc2c(N)c(F)ccc2cn1. The number of unbranched alkanes of at least 4 members (excludes halogenated alkanes) is 1. The maximum atomic E-state index is 13.8. The summed E-state index contributed by atoms with van der Waals surface area (Å²) < 4.78 is 15.8. The lowest BCUT2D eigenvalue weighted by molar-refractivity contribution is 0.634. The first-order valence-corrected chi connectivity index (χ1v) is 8.50. The fraction of sp³-hybridized carbons (Fsp3) is 0.190. The second kappa shape index (κ2) is 7.34. The standard InChI is InChI=1S/C21H22FN3/c1-3-5-6-7-8-15-11-12-25(19(15)4-2)20-13-17-16(14-24-20)9-10-18(22)21(17)23/h4,6-14H,3,5,23H2,1-2H3/b7-6+,15-8-,19-4+. The number of hydrogen-bond acceptors (Lipinski definition) is 2. The number of fused-ring (bicyclic) bond motifs is 1. The van der Waals surface area contributed by atoms with Gasteiger partial charge in [-0.25, -0.2) is 9.37 Å². The number of anilines is 1. The topological polar surface area (TPSA) is 43.8 Å². The summed E-state index contributed by atoms with van der Waals surface area (Å²) in [6.07, 6.45) is 14.3. The lowest BCUT2D eigenvalue weighted by Gasteiger charge is -2.07. The maximum Gasteiger partial charge on any atom is 0.146 e. The first-order chi connectivity index (χ1) is 12.2. The quantitative estimate of drug-likeness (QED) is 0.739. The predicted molar refractivity (Wildman–Crippen MR) is 103 cm³/mol. The Labute approximate surface area is 146 Å². The summed E-state index contributed by atoms with van der Waals surface area (Å²) in [5.41, 5.74) is 6.06. The molecule has 0 aliphatic carbocycles. The van der Waals surface area contributed by atoms with E-state index in [0.29, 0.717) is 5.39 Å². The molecule has 0 aliphatic rings. The van der Waals surface area contributed by atoms with Gasteiger partial charge in [0.05, 0.1) is 5.69 Å². The van der Waals surface area contributed by atoms with Crippen LogP contribution in [0.1, 0.15) is 26.7 Å². The third-order valence-corrected chi connectivity index (χ3v) is 4.22. The van der Waals surface area contributed by atoms with E-state index in [1.54, 1.807) is 12.3 Å². The Morgan fingerprint density at radius 2 is 2.12 bits per heavy atom. The molecule has 4 heteroatoms. The van der Waals surface area contributed by atoms with Crippen molar-refractivity contribution in [3.8, 4) is 5.82 Å². The van der Waals surface area contributed by atoms with Gasteiger partial charge in [-0.1, -0.05) is 37.6 Å². The Kier molecular flexibility index (Phi) is 4.98. The molecular formula is C21H22FN3. The van der Waals surface area contributed by atoms with E-state index in [4.69, 9.17) is 5.73 Å². The zero-order valence-corrected chi connectivity index (χ0v) is 14.5. The van der Waals surface area contributed by atoms with Crippen molar-refractivity contribution >= 4 is 28.6 Å². The number of rotatable bonds is 4. The molecule has 0 radical (unpaired) electrons. The minimum absolute atomic E-state index is 0.157. The molecule has 0 saturated heterocycles. The normalized spacial score (nSPS) is 13.4. The molecule has 25 heavy (non-hydrogen) atoms. The Balaban J connectivity index is 2.13. The van der Waals surface area contributed by atoms with Crippen molar-refractivity contribution in [1.82, 2.24) is 9.55 Å². The summed E-state index contributed by atoms with van der Waals surface area (Å²) in [6, 6.07) is 6.94. The minimum atomic E-state index is -0.408. The number of allylic oxidation sites excluding steroid dienone is 2. The average Bonchev–Trinajstić information content (AvgIpc) is 3.04. The van der Waals surface area contributed by atoms with Crippen LogP contribution in [-0.4, -0.2) is 9.55 Å². The molecular weight excluding hydrogens is 313 g/mol. The number of nitrogen functional groups attached to an aromatic ring is 1. The molecule has 2 heterocycles. The van der Waals surface area contributed by atoms with Crippen molar-refractivity contribution in [2.45, 2.75) is 26.7 Å². The van der Waals surface area contributed by atoms with Crippen LogP contribution in [0.5, 0.6) is 0 Å². The summed E-state index contributed by atoms with van der Waals surface area (Å²) in [5, 5.41) is 3.66. The highest BCUT2D eigenvalue weighted by Gasteiger charge is 2.07. The second-order valence-corrected chi connectivity index (χ2v) is 5.92. The number of halogens is 1. The van der Waals surface area contributed by atoms with E-state index in [1.165, 1.54) is 6.07 Å². The Morgan fingerprint density at radius 1 is 1.28 bits per heavy atom. The number of nitrogens with zero attached hydrogens (tertiary/aromatic N) is 2. The minimum Gasteiger partial charge on any atom is -0.396 e. The van der Waals surface area contributed by atoms with Crippen LogP contribution in [0.25, 0.3) is 28.7 Å². The zero-order chi connectivity index (χ0) is 17.8. The lowest BCUT2D eigenvalue weighted by Crippen LogP contribution is -2.27. The maximum absolute atomic E-state index is 13.8. The largest absolute Gasteiger partial charge is 0.396 e. The van der Waals surface area contributed by atoms with Crippen molar-refractivity contribution in [3.05, 3.63) is 65.2 Å². The van der Waals surface area contributed by atoms with E-state index in [-0.39, 0.29) is 5.69 Å². The predicted octanol–water partition coefficient (Wildman–Crippen LogP) is 3.68. The summed E-state index contributed by atoms with van der Waals surface area (Å²) >= 11 is 0. The van der Waals surface area contributed by atoms with Gasteiger partial charge in [-0.2, -0.15) is 0 Å². The molecule has 0 saturated carbocycles. The molecule has 0 unspecified atom stereocenters. The number of nitrogens with two attached hydrogens (primary N) is 1. The van der Waals surface area contributed by atoms with Gasteiger partial charge in [0.15, 0.2) is 0 Å². The van der Waals surface area contributed by atoms with Gasteiger partial charge in [-0.15, -0.1) is 0 Å². The van der Waals surface area contributed by atoms with E-state index in [1.807, 2.05) is 35.9 Å². The molecule has 2 aromatic heterocycles. The molecule has 0 aliphatic heterocycles. The van der Waals surface area contributed by atoms with Crippen molar-refractivity contribution in [2.75, 3.05) is 5.73 Å². The van der Waals surface area contributed by atoms with Crippen molar-refractivity contribution in [3.63, 3.8) is 0 Å². The van der Waals surface area contributed by atoms with Crippen LogP contribution < -0.4 is 16.3 Å². The van der Waals surface area contributed by atoms with Crippen LogP contribution in [0.4, 0.5) is 10.1 Å². The summed E-state index contributed by atoms with van der Waals surface area (Å²) in [7, 11) is 0. The van der Waals surface area contributed by atoms with E-state index < -0.39 is 5.82 Å². The van der Waals surface area contributed by atoms with Gasteiger partial charge >= 0.3 is 0 Å². The first-order valence-electron chi connectivity index (χ1n) is 8.50. The van der Waals surface area contributed by atoms with E-state index in [0.717, 1.165) is 34.6 Å².